The maximum absolute atomic E-state index is 12.5. The summed E-state index contributed by atoms with van der Waals surface area (Å²) in [5.74, 6) is 1.68. The van der Waals surface area contributed by atoms with Crippen LogP contribution < -0.4 is 11.2 Å². The van der Waals surface area contributed by atoms with Crippen LogP contribution in [0.15, 0.2) is 37.4 Å². The molecule has 0 aliphatic rings. The van der Waals surface area contributed by atoms with Gasteiger partial charge >= 0.3 is 5.69 Å². The van der Waals surface area contributed by atoms with Crippen molar-refractivity contribution in [3.05, 3.63) is 39.2 Å². The van der Waals surface area contributed by atoms with Crippen molar-refractivity contribution in [3.63, 3.8) is 0 Å². The van der Waals surface area contributed by atoms with E-state index in [0.717, 1.165) is 16.7 Å². The molecule has 0 atom stereocenters. The van der Waals surface area contributed by atoms with Crippen LogP contribution >= 0.6 is 11.8 Å². The number of aromatic nitrogens is 4. The van der Waals surface area contributed by atoms with Crippen LogP contribution in [0, 0.1) is 0 Å². The lowest BCUT2D eigenvalue weighted by atomic mass is 10.3. The van der Waals surface area contributed by atoms with Crippen LogP contribution in [0.4, 0.5) is 0 Å². The molecule has 0 saturated heterocycles. The van der Waals surface area contributed by atoms with E-state index in [-0.39, 0.29) is 5.56 Å². The molecule has 3 aromatic heterocycles. The second-order valence-electron chi connectivity index (χ2n) is 5.08. The lowest BCUT2D eigenvalue weighted by Gasteiger charge is -2.10. The lowest BCUT2D eigenvalue weighted by molar-refractivity contribution is 0.576. The second-order valence-corrected chi connectivity index (χ2v) is 6.17. The number of hydrogen-bond donors (Lipinski definition) is 0. The Labute approximate surface area is 136 Å². The van der Waals surface area contributed by atoms with Gasteiger partial charge in [0, 0.05) is 14.1 Å². The monoisotopic (exact) mass is 332 g/mol. The van der Waals surface area contributed by atoms with E-state index < -0.39 is 5.69 Å². The van der Waals surface area contributed by atoms with Crippen molar-refractivity contribution < 1.29 is 4.42 Å². The molecule has 23 heavy (non-hydrogen) atoms. The average molecular weight is 332 g/mol. The van der Waals surface area contributed by atoms with Gasteiger partial charge in [-0.2, -0.15) is 0 Å². The van der Waals surface area contributed by atoms with E-state index in [2.05, 4.69) is 16.9 Å². The minimum Gasteiger partial charge on any atom is -0.461 e. The van der Waals surface area contributed by atoms with Crippen LogP contribution in [0.2, 0.25) is 0 Å². The maximum atomic E-state index is 12.5. The van der Waals surface area contributed by atoms with Crippen molar-refractivity contribution in [1.82, 2.24) is 19.1 Å². The zero-order valence-electron chi connectivity index (χ0n) is 13.1. The van der Waals surface area contributed by atoms with Crippen LogP contribution in [0.3, 0.4) is 0 Å². The summed E-state index contributed by atoms with van der Waals surface area (Å²) in [6.07, 6.45) is 2.48. The summed E-state index contributed by atoms with van der Waals surface area (Å²) in [6, 6.07) is 3.49. The quantitative estimate of drug-likeness (QED) is 0.535. The first kappa shape index (κ1) is 15.5. The molecule has 0 unspecified atom stereocenters. The summed E-state index contributed by atoms with van der Waals surface area (Å²) in [4.78, 5) is 33.5. The Morgan fingerprint density at radius 1 is 1.22 bits per heavy atom. The molecular formula is C15H16N4O3S. The molecule has 0 saturated carbocycles. The first-order valence-corrected chi connectivity index (χ1v) is 8.17. The van der Waals surface area contributed by atoms with Crippen molar-refractivity contribution >= 4 is 22.8 Å². The SMILES string of the molecule is CCCSc1nc(-c2ccco2)nc2c1c(=O)n(C)c(=O)n2C. The van der Waals surface area contributed by atoms with Gasteiger partial charge in [-0.05, 0) is 24.3 Å². The van der Waals surface area contributed by atoms with Gasteiger partial charge in [0.1, 0.15) is 10.4 Å². The summed E-state index contributed by atoms with van der Waals surface area (Å²) in [5, 5.41) is 0.933. The minimum atomic E-state index is -0.418. The normalized spacial score (nSPS) is 11.3. The Bertz CT molecular complexity index is 973. The Kier molecular flexibility index (Phi) is 4.08. The number of thioether (sulfide) groups is 1. The molecule has 8 heteroatoms. The molecule has 0 spiro atoms. The van der Waals surface area contributed by atoms with E-state index >= 15 is 0 Å². The van der Waals surface area contributed by atoms with Gasteiger partial charge in [0.15, 0.2) is 17.2 Å². The summed E-state index contributed by atoms with van der Waals surface area (Å²) >= 11 is 1.48. The Morgan fingerprint density at radius 2 is 2.00 bits per heavy atom. The first-order valence-electron chi connectivity index (χ1n) is 7.19. The molecule has 0 bridgehead atoms. The first-order chi connectivity index (χ1) is 11.0. The standard InChI is InChI=1S/C15H16N4O3S/c1-4-8-23-13-10-12(18(2)15(21)19(3)14(10)20)16-11(17-13)9-6-5-7-22-9/h5-7H,4,8H2,1-3H3. The topological polar surface area (TPSA) is 82.9 Å². The van der Waals surface area contributed by atoms with Crippen molar-refractivity contribution in [3.8, 4) is 11.6 Å². The highest BCUT2D eigenvalue weighted by molar-refractivity contribution is 7.99. The molecule has 3 aromatic rings. The van der Waals surface area contributed by atoms with Crippen LogP contribution in [0.1, 0.15) is 13.3 Å². The van der Waals surface area contributed by atoms with Gasteiger partial charge in [-0.1, -0.05) is 6.92 Å². The van der Waals surface area contributed by atoms with Crippen LogP contribution in [-0.4, -0.2) is 24.9 Å². The van der Waals surface area contributed by atoms with Crippen LogP contribution in [0.25, 0.3) is 22.6 Å². The van der Waals surface area contributed by atoms with Crippen molar-refractivity contribution in [1.29, 1.82) is 0 Å². The maximum Gasteiger partial charge on any atom is 0.332 e. The highest BCUT2D eigenvalue weighted by Gasteiger charge is 2.18. The van der Waals surface area contributed by atoms with Crippen LogP contribution in [0.5, 0.6) is 0 Å². The van der Waals surface area contributed by atoms with Crippen LogP contribution in [-0.2, 0) is 14.1 Å². The van der Waals surface area contributed by atoms with E-state index in [4.69, 9.17) is 4.42 Å². The molecule has 0 aliphatic carbocycles. The van der Waals surface area contributed by atoms with E-state index in [1.807, 2.05) is 0 Å². The Morgan fingerprint density at radius 3 is 2.65 bits per heavy atom. The molecule has 0 aliphatic heterocycles. The van der Waals surface area contributed by atoms with Crippen molar-refractivity contribution in [2.75, 3.05) is 5.75 Å². The third-order valence-corrected chi connectivity index (χ3v) is 4.63. The smallest absolute Gasteiger partial charge is 0.332 e. The molecule has 0 aromatic carbocycles. The summed E-state index contributed by atoms with van der Waals surface area (Å²) in [5.41, 5.74) is -0.483. The van der Waals surface area contributed by atoms with Crippen molar-refractivity contribution in [2.45, 2.75) is 18.4 Å². The highest BCUT2D eigenvalue weighted by Crippen LogP contribution is 2.26. The molecule has 3 heterocycles. The van der Waals surface area contributed by atoms with Crippen molar-refractivity contribution in [2.24, 2.45) is 14.1 Å². The number of furan rings is 1. The molecule has 0 radical (unpaired) electrons. The fourth-order valence-electron chi connectivity index (χ4n) is 2.25. The zero-order valence-corrected chi connectivity index (χ0v) is 13.9. The van der Waals surface area contributed by atoms with Gasteiger partial charge in [0.25, 0.3) is 5.56 Å². The number of nitrogens with zero attached hydrogens (tertiary/aromatic N) is 4. The van der Waals surface area contributed by atoms with E-state index in [1.165, 1.54) is 29.6 Å². The van der Waals surface area contributed by atoms with E-state index in [1.54, 1.807) is 19.2 Å². The van der Waals surface area contributed by atoms with Gasteiger partial charge in [-0.25, -0.2) is 14.8 Å². The predicted molar refractivity (Wildman–Crippen MR) is 88.7 cm³/mol. The fraction of sp³-hybridized carbons (Fsp3) is 0.333. The Balaban J connectivity index is 2.40. The van der Waals surface area contributed by atoms with Gasteiger partial charge in [0.2, 0.25) is 0 Å². The lowest BCUT2D eigenvalue weighted by Crippen LogP contribution is -2.37. The number of fused-ring (bicyclic) bond motifs is 1. The summed E-state index contributed by atoms with van der Waals surface area (Å²) in [7, 11) is 3.05. The molecule has 0 N–H and O–H groups in total. The minimum absolute atomic E-state index is 0.318. The summed E-state index contributed by atoms with van der Waals surface area (Å²) in [6.45, 7) is 2.05. The largest absolute Gasteiger partial charge is 0.461 e. The van der Waals surface area contributed by atoms with Gasteiger partial charge < -0.3 is 4.42 Å². The summed E-state index contributed by atoms with van der Waals surface area (Å²) < 4.78 is 7.79. The number of rotatable bonds is 4. The predicted octanol–water partition coefficient (Wildman–Crippen LogP) is 1.79. The third kappa shape index (κ3) is 2.59. The molecule has 3 rings (SSSR count). The molecule has 7 nitrogen and oxygen atoms in total. The fourth-order valence-corrected chi connectivity index (χ4v) is 3.12. The Hall–Kier alpha value is -2.35. The molecule has 0 amide bonds. The van der Waals surface area contributed by atoms with Gasteiger partial charge in [-0.15, -0.1) is 11.8 Å². The average Bonchev–Trinajstić information content (AvgIpc) is 3.09. The van der Waals surface area contributed by atoms with E-state index in [0.29, 0.717) is 27.6 Å². The van der Waals surface area contributed by atoms with Gasteiger partial charge in [0.05, 0.1) is 6.26 Å². The number of aryl methyl sites for hydroxylation is 1. The third-order valence-electron chi connectivity index (χ3n) is 3.45. The molecule has 0 fully saturated rings. The zero-order chi connectivity index (χ0) is 16.6. The van der Waals surface area contributed by atoms with E-state index in [9.17, 15) is 9.59 Å². The second kappa shape index (κ2) is 6.04. The molecule has 120 valence electrons. The van der Waals surface area contributed by atoms with Gasteiger partial charge in [-0.3, -0.25) is 13.9 Å². The number of hydrogen-bond acceptors (Lipinski definition) is 6. The highest BCUT2D eigenvalue weighted by atomic mass is 32.2. The molecular weight excluding hydrogens is 316 g/mol.